The molecule has 1 saturated heterocycles. The molecule has 2 heterocycles. The van der Waals surface area contributed by atoms with Crippen molar-refractivity contribution in [3.05, 3.63) is 47.4 Å². The van der Waals surface area contributed by atoms with Crippen LogP contribution in [-0.2, 0) is 4.79 Å². The van der Waals surface area contributed by atoms with E-state index in [1.807, 2.05) is 32.0 Å². The molecule has 0 radical (unpaired) electrons. The highest BCUT2D eigenvalue weighted by atomic mass is 16.2. The molecule has 3 rings (SSSR count). The van der Waals surface area contributed by atoms with Gasteiger partial charge in [0.1, 0.15) is 11.5 Å². The van der Waals surface area contributed by atoms with Crippen LogP contribution >= 0.6 is 0 Å². The van der Waals surface area contributed by atoms with Gasteiger partial charge in [-0.3, -0.25) is 9.59 Å². The van der Waals surface area contributed by atoms with Crippen molar-refractivity contribution < 1.29 is 9.59 Å². The van der Waals surface area contributed by atoms with Crippen LogP contribution in [0.5, 0.6) is 0 Å². The summed E-state index contributed by atoms with van der Waals surface area (Å²) in [5, 5.41) is 3.26. The third-order valence-corrected chi connectivity index (χ3v) is 4.36. The molecule has 0 spiro atoms. The molecular weight excluding hydrogens is 318 g/mol. The number of benzene rings is 1. The van der Waals surface area contributed by atoms with Crippen LogP contribution < -0.4 is 5.32 Å². The summed E-state index contributed by atoms with van der Waals surface area (Å²) >= 11 is 0. The van der Waals surface area contributed by atoms with Crippen LogP contribution in [0.4, 0.5) is 11.5 Å². The summed E-state index contributed by atoms with van der Waals surface area (Å²) in [4.78, 5) is 35.1. The first-order valence-electron chi connectivity index (χ1n) is 8.22. The summed E-state index contributed by atoms with van der Waals surface area (Å²) in [7, 11) is 0. The van der Waals surface area contributed by atoms with Gasteiger partial charge in [-0.15, -0.1) is 0 Å². The Bertz CT molecular complexity index is 747. The number of para-hydroxylation sites is 1. The summed E-state index contributed by atoms with van der Waals surface area (Å²) in [6.45, 7) is 6.19. The fraction of sp³-hybridized carbons (Fsp3) is 0.333. The predicted molar refractivity (Wildman–Crippen MR) is 94.8 cm³/mol. The van der Waals surface area contributed by atoms with E-state index in [0.29, 0.717) is 37.7 Å². The number of aromatic nitrogens is 2. The number of amides is 2. The van der Waals surface area contributed by atoms with Gasteiger partial charge in [-0.05, 0) is 25.0 Å². The van der Waals surface area contributed by atoms with Gasteiger partial charge in [0.2, 0.25) is 6.41 Å². The maximum absolute atomic E-state index is 12.5. The molecule has 1 aliphatic heterocycles. The lowest BCUT2D eigenvalue weighted by Crippen LogP contribution is -2.48. The standard InChI is InChI=1S/C18H21N5O2/c1-13-4-3-5-14(2)17(13)21-16-11-19-15(10-20-16)18(25)23-8-6-22(12-24)7-9-23/h3-5,10-12H,6-9H2,1-2H3,(H,20,21). The second kappa shape index (κ2) is 7.29. The van der Waals surface area contributed by atoms with Gasteiger partial charge < -0.3 is 15.1 Å². The first-order valence-corrected chi connectivity index (χ1v) is 8.22. The maximum Gasteiger partial charge on any atom is 0.274 e. The number of hydrogen-bond acceptors (Lipinski definition) is 5. The van der Waals surface area contributed by atoms with Crippen molar-refractivity contribution in [1.82, 2.24) is 19.8 Å². The zero-order valence-electron chi connectivity index (χ0n) is 14.4. The molecule has 0 saturated carbocycles. The number of carbonyl (C=O) groups is 2. The number of piperazine rings is 1. The van der Waals surface area contributed by atoms with Crippen LogP contribution in [0.2, 0.25) is 0 Å². The number of carbonyl (C=O) groups excluding carboxylic acids is 2. The average Bonchev–Trinajstić information content (AvgIpc) is 2.65. The summed E-state index contributed by atoms with van der Waals surface area (Å²) in [5.41, 5.74) is 3.55. The molecule has 0 bridgehead atoms. The van der Waals surface area contributed by atoms with Gasteiger partial charge in [-0.2, -0.15) is 0 Å². The monoisotopic (exact) mass is 339 g/mol. The minimum Gasteiger partial charge on any atom is -0.342 e. The molecule has 7 nitrogen and oxygen atoms in total. The van der Waals surface area contributed by atoms with Gasteiger partial charge in [0, 0.05) is 31.9 Å². The molecule has 2 amide bonds. The third kappa shape index (κ3) is 3.76. The number of aryl methyl sites for hydroxylation is 2. The molecule has 1 N–H and O–H groups in total. The zero-order valence-corrected chi connectivity index (χ0v) is 14.4. The maximum atomic E-state index is 12.5. The van der Waals surface area contributed by atoms with Crippen LogP contribution in [0, 0.1) is 13.8 Å². The molecule has 25 heavy (non-hydrogen) atoms. The Morgan fingerprint density at radius 3 is 2.32 bits per heavy atom. The Hall–Kier alpha value is -2.96. The lowest BCUT2D eigenvalue weighted by molar-refractivity contribution is -0.119. The van der Waals surface area contributed by atoms with Crippen molar-refractivity contribution in [3.63, 3.8) is 0 Å². The fourth-order valence-electron chi connectivity index (χ4n) is 2.84. The first-order chi connectivity index (χ1) is 12.1. The molecule has 130 valence electrons. The van der Waals surface area contributed by atoms with E-state index in [-0.39, 0.29) is 5.91 Å². The van der Waals surface area contributed by atoms with Gasteiger partial charge in [-0.25, -0.2) is 9.97 Å². The molecule has 1 aliphatic rings. The van der Waals surface area contributed by atoms with Crippen molar-refractivity contribution >= 4 is 23.8 Å². The number of rotatable bonds is 4. The topological polar surface area (TPSA) is 78.4 Å². The molecule has 0 aliphatic carbocycles. The van der Waals surface area contributed by atoms with E-state index < -0.39 is 0 Å². The average molecular weight is 339 g/mol. The summed E-state index contributed by atoms with van der Waals surface area (Å²) in [6.07, 6.45) is 3.88. The number of nitrogens with zero attached hydrogens (tertiary/aromatic N) is 4. The first kappa shape index (κ1) is 16.9. The summed E-state index contributed by atoms with van der Waals surface area (Å²) in [5.74, 6) is 0.441. The molecule has 0 atom stereocenters. The zero-order chi connectivity index (χ0) is 17.8. The minimum absolute atomic E-state index is 0.156. The molecule has 0 unspecified atom stereocenters. The van der Waals surface area contributed by atoms with Crippen LogP contribution in [0.3, 0.4) is 0 Å². The Labute approximate surface area is 146 Å². The third-order valence-electron chi connectivity index (χ3n) is 4.36. The second-order valence-electron chi connectivity index (χ2n) is 6.11. The highest BCUT2D eigenvalue weighted by Crippen LogP contribution is 2.22. The molecule has 2 aromatic rings. The molecule has 7 heteroatoms. The second-order valence-corrected chi connectivity index (χ2v) is 6.11. The number of hydrogen-bond donors (Lipinski definition) is 1. The Morgan fingerprint density at radius 2 is 1.76 bits per heavy atom. The molecular formula is C18H21N5O2. The molecule has 1 aromatic carbocycles. The summed E-state index contributed by atoms with van der Waals surface area (Å²) < 4.78 is 0. The molecule has 1 aromatic heterocycles. The predicted octanol–water partition coefficient (Wildman–Crippen LogP) is 1.75. The van der Waals surface area contributed by atoms with Crippen molar-refractivity contribution in [2.75, 3.05) is 31.5 Å². The largest absolute Gasteiger partial charge is 0.342 e. The Balaban J connectivity index is 1.68. The van der Waals surface area contributed by atoms with Crippen LogP contribution in [-0.4, -0.2) is 58.3 Å². The highest BCUT2D eigenvalue weighted by molar-refractivity contribution is 5.92. The SMILES string of the molecule is Cc1cccc(C)c1Nc1cnc(C(=O)N2CCN(C=O)CC2)cn1. The van der Waals surface area contributed by atoms with Gasteiger partial charge in [0.05, 0.1) is 12.4 Å². The van der Waals surface area contributed by atoms with Crippen molar-refractivity contribution in [2.24, 2.45) is 0 Å². The van der Waals surface area contributed by atoms with E-state index in [0.717, 1.165) is 23.2 Å². The van der Waals surface area contributed by atoms with E-state index in [1.54, 1.807) is 16.0 Å². The van der Waals surface area contributed by atoms with E-state index in [2.05, 4.69) is 15.3 Å². The van der Waals surface area contributed by atoms with Gasteiger partial charge in [-0.1, -0.05) is 18.2 Å². The van der Waals surface area contributed by atoms with Gasteiger partial charge in [0.15, 0.2) is 0 Å². The Morgan fingerprint density at radius 1 is 1.08 bits per heavy atom. The summed E-state index contributed by atoms with van der Waals surface area (Å²) in [6, 6.07) is 6.06. The van der Waals surface area contributed by atoms with Crippen LogP contribution in [0.25, 0.3) is 0 Å². The van der Waals surface area contributed by atoms with Gasteiger partial charge in [0.25, 0.3) is 5.91 Å². The van der Waals surface area contributed by atoms with Crippen molar-refractivity contribution in [3.8, 4) is 0 Å². The van der Waals surface area contributed by atoms with Crippen molar-refractivity contribution in [2.45, 2.75) is 13.8 Å². The Kier molecular flexibility index (Phi) is 4.92. The van der Waals surface area contributed by atoms with Crippen LogP contribution in [0.15, 0.2) is 30.6 Å². The minimum atomic E-state index is -0.156. The molecule has 1 fully saturated rings. The van der Waals surface area contributed by atoms with Crippen molar-refractivity contribution in [1.29, 1.82) is 0 Å². The lowest BCUT2D eigenvalue weighted by Gasteiger charge is -2.32. The normalized spacial score (nSPS) is 14.3. The van der Waals surface area contributed by atoms with E-state index in [9.17, 15) is 9.59 Å². The highest BCUT2D eigenvalue weighted by Gasteiger charge is 2.22. The van der Waals surface area contributed by atoms with E-state index >= 15 is 0 Å². The van der Waals surface area contributed by atoms with Crippen LogP contribution in [0.1, 0.15) is 21.6 Å². The lowest BCUT2D eigenvalue weighted by atomic mass is 10.1. The number of anilines is 2. The van der Waals surface area contributed by atoms with E-state index in [4.69, 9.17) is 0 Å². The smallest absolute Gasteiger partial charge is 0.274 e. The van der Waals surface area contributed by atoms with Gasteiger partial charge >= 0.3 is 0 Å². The van der Waals surface area contributed by atoms with E-state index in [1.165, 1.54) is 6.20 Å². The number of nitrogens with one attached hydrogen (secondary N) is 1. The quantitative estimate of drug-likeness (QED) is 0.859. The fourth-order valence-corrected chi connectivity index (χ4v) is 2.84.